The molecule has 2 aromatic rings. The van der Waals surface area contributed by atoms with E-state index in [4.69, 9.17) is 0 Å². The number of ketones is 1. The number of carbonyl (C=O) groups is 1. The first-order valence-electron chi connectivity index (χ1n) is 6.49. The van der Waals surface area contributed by atoms with Crippen molar-refractivity contribution in [3.8, 4) is 0 Å². The molecule has 1 aromatic heterocycles. The van der Waals surface area contributed by atoms with Gasteiger partial charge in [0.05, 0.1) is 5.69 Å². The average Bonchev–Trinajstić information content (AvgIpc) is 2.41. The lowest BCUT2D eigenvalue weighted by Gasteiger charge is -2.24. The van der Waals surface area contributed by atoms with Gasteiger partial charge in [0.25, 0.3) is 0 Å². The molecule has 1 heterocycles. The predicted octanol–water partition coefficient (Wildman–Crippen LogP) is 3.58. The summed E-state index contributed by atoms with van der Waals surface area (Å²) in [5.74, 6) is -1.36. The number of carbonyl (C=O) groups excluding carboxylic acids is 1. The zero-order valence-corrected chi connectivity index (χ0v) is 11.0. The molecule has 102 valence electrons. The van der Waals surface area contributed by atoms with Gasteiger partial charge >= 0.3 is 0 Å². The first-order valence-corrected chi connectivity index (χ1v) is 6.49. The van der Waals surface area contributed by atoms with Gasteiger partial charge in [-0.25, -0.2) is 8.78 Å². The van der Waals surface area contributed by atoms with E-state index in [1.54, 1.807) is 12.3 Å². The van der Waals surface area contributed by atoms with Crippen molar-refractivity contribution in [1.29, 1.82) is 0 Å². The van der Waals surface area contributed by atoms with E-state index >= 15 is 0 Å². The van der Waals surface area contributed by atoms with Crippen LogP contribution < -0.4 is 0 Å². The molecule has 20 heavy (non-hydrogen) atoms. The van der Waals surface area contributed by atoms with E-state index in [9.17, 15) is 13.6 Å². The number of halogens is 2. The summed E-state index contributed by atoms with van der Waals surface area (Å²) < 4.78 is 27.1. The van der Waals surface area contributed by atoms with Crippen molar-refractivity contribution in [2.24, 2.45) is 0 Å². The van der Waals surface area contributed by atoms with E-state index in [1.807, 2.05) is 6.92 Å². The lowest BCUT2D eigenvalue weighted by atomic mass is 9.80. The molecule has 0 radical (unpaired) electrons. The largest absolute Gasteiger partial charge is 0.294 e. The Labute approximate surface area is 115 Å². The smallest absolute Gasteiger partial charge is 0.165 e. The molecular weight excluding hydrogens is 260 g/mol. The van der Waals surface area contributed by atoms with E-state index in [0.29, 0.717) is 17.7 Å². The van der Waals surface area contributed by atoms with Crippen molar-refractivity contribution >= 4 is 5.78 Å². The Bertz CT molecular complexity index is 697. The van der Waals surface area contributed by atoms with Crippen molar-refractivity contribution in [2.45, 2.75) is 25.7 Å². The van der Waals surface area contributed by atoms with E-state index in [2.05, 4.69) is 4.98 Å². The molecule has 0 bridgehead atoms. The summed E-state index contributed by atoms with van der Waals surface area (Å²) in [7, 11) is 0. The van der Waals surface area contributed by atoms with Crippen molar-refractivity contribution in [1.82, 2.24) is 4.98 Å². The Balaban J connectivity index is 2.04. The van der Waals surface area contributed by atoms with Gasteiger partial charge in [0.2, 0.25) is 0 Å². The van der Waals surface area contributed by atoms with Crippen LogP contribution in [0.5, 0.6) is 0 Å². The Morgan fingerprint density at radius 1 is 1.20 bits per heavy atom. The third-order valence-corrected chi connectivity index (χ3v) is 3.79. The monoisotopic (exact) mass is 273 g/mol. The van der Waals surface area contributed by atoms with Crippen LogP contribution in [0, 0.1) is 18.6 Å². The molecule has 0 N–H and O–H groups in total. The molecule has 1 aromatic carbocycles. The lowest BCUT2D eigenvalue weighted by Crippen LogP contribution is -2.22. The lowest BCUT2D eigenvalue weighted by molar-refractivity contribution is 0.0962. The standard InChI is InChI=1S/C16H13F2NO/c1-9-4-5-19-14-6-10(7-15(20)16(9)14)12-8-11(17)2-3-13(12)18/h2-5,8,10H,6-7H2,1H3/t10-/m0/s1. The van der Waals surface area contributed by atoms with Gasteiger partial charge in [-0.2, -0.15) is 0 Å². The number of nitrogens with zero attached hydrogens (tertiary/aromatic N) is 1. The summed E-state index contributed by atoms with van der Waals surface area (Å²) in [6, 6.07) is 5.15. The number of aryl methyl sites for hydroxylation is 1. The molecule has 0 amide bonds. The van der Waals surface area contributed by atoms with Gasteiger partial charge in [-0.05, 0) is 54.7 Å². The third-order valence-electron chi connectivity index (χ3n) is 3.79. The second kappa shape index (κ2) is 4.78. The molecule has 1 atom stereocenters. The van der Waals surface area contributed by atoms with Crippen LogP contribution in [0.2, 0.25) is 0 Å². The molecule has 3 rings (SSSR count). The molecule has 0 fully saturated rings. The Kier molecular flexibility index (Phi) is 3.08. The summed E-state index contributed by atoms with van der Waals surface area (Å²) in [5.41, 5.74) is 2.46. The highest BCUT2D eigenvalue weighted by Crippen LogP contribution is 2.34. The molecule has 2 nitrogen and oxygen atoms in total. The van der Waals surface area contributed by atoms with E-state index in [-0.39, 0.29) is 23.7 Å². The number of Topliss-reactive ketones (excluding diaryl/α,β-unsaturated/α-hetero) is 1. The van der Waals surface area contributed by atoms with Crippen molar-refractivity contribution in [3.63, 3.8) is 0 Å². The van der Waals surface area contributed by atoms with Crippen LogP contribution in [0.25, 0.3) is 0 Å². The van der Waals surface area contributed by atoms with Gasteiger partial charge in [0.15, 0.2) is 5.78 Å². The maximum Gasteiger partial charge on any atom is 0.165 e. The number of hydrogen-bond acceptors (Lipinski definition) is 2. The fraction of sp³-hybridized carbons (Fsp3) is 0.250. The zero-order valence-electron chi connectivity index (χ0n) is 11.0. The Hall–Kier alpha value is -2.10. The highest BCUT2D eigenvalue weighted by Gasteiger charge is 2.30. The molecule has 0 spiro atoms. The Morgan fingerprint density at radius 2 is 2.00 bits per heavy atom. The van der Waals surface area contributed by atoms with Crippen LogP contribution in [0.3, 0.4) is 0 Å². The predicted molar refractivity (Wildman–Crippen MR) is 70.7 cm³/mol. The molecule has 1 aliphatic rings. The number of pyridine rings is 1. The first-order chi connectivity index (χ1) is 9.56. The number of rotatable bonds is 1. The second-order valence-electron chi connectivity index (χ2n) is 5.14. The SMILES string of the molecule is Cc1ccnc2c1C(=O)C[C@@H](c1cc(F)ccc1F)C2. The van der Waals surface area contributed by atoms with Gasteiger partial charge in [-0.3, -0.25) is 9.78 Å². The average molecular weight is 273 g/mol. The molecule has 0 saturated carbocycles. The summed E-state index contributed by atoms with van der Waals surface area (Å²) in [5, 5.41) is 0. The van der Waals surface area contributed by atoms with Crippen LogP contribution in [0.4, 0.5) is 8.78 Å². The summed E-state index contributed by atoms with van der Waals surface area (Å²) >= 11 is 0. The fourth-order valence-electron chi connectivity index (χ4n) is 2.83. The minimum Gasteiger partial charge on any atom is -0.294 e. The fourth-order valence-corrected chi connectivity index (χ4v) is 2.83. The first kappa shape index (κ1) is 12.9. The number of benzene rings is 1. The number of fused-ring (bicyclic) bond motifs is 1. The van der Waals surface area contributed by atoms with Crippen molar-refractivity contribution in [3.05, 3.63) is 64.5 Å². The van der Waals surface area contributed by atoms with Crippen LogP contribution in [-0.4, -0.2) is 10.8 Å². The quantitative estimate of drug-likeness (QED) is 0.795. The maximum absolute atomic E-state index is 13.8. The normalized spacial score (nSPS) is 17.9. The third kappa shape index (κ3) is 2.11. The molecule has 4 heteroatoms. The van der Waals surface area contributed by atoms with E-state index in [1.165, 1.54) is 6.07 Å². The molecule has 0 saturated heterocycles. The van der Waals surface area contributed by atoms with Gasteiger partial charge in [0, 0.05) is 18.2 Å². The van der Waals surface area contributed by atoms with Crippen LogP contribution in [0.15, 0.2) is 30.5 Å². The van der Waals surface area contributed by atoms with Crippen molar-refractivity contribution < 1.29 is 13.6 Å². The summed E-state index contributed by atoms with van der Waals surface area (Å²) in [4.78, 5) is 16.5. The van der Waals surface area contributed by atoms with E-state index < -0.39 is 11.6 Å². The van der Waals surface area contributed by atoms with Crippen LogP contribution >= 0.6 is 0 Å². The molecular formula is C16H13F2NO. The minimum absolute atomic E-state index is 0.0505. The number of aromatic nitrogens is 1. The topological polar surface area (TPSA) is 30.0 Å². The van der Waals surface area contributed by atoms with Gasteiger partial charge in [0.1, 0.15) is 11.6 Å². The zero-order chi connectivity index (χ0) is 14.3. The van der Waals surface area contributed by atoms with Gasteiger partial charge in [-0.15, -0.1) is 0 Å². The highest BCUT2D eigenvalue weighted by atomic mass is 19.1. The second-order valence-corrected chi connectivity index (χ2v) is 5.14. The maximum atomic E-state index is 13.8. The minimum atomic E-state index is -0.489. The molecule has 0 aliphatic heterocycles. The van der Waals surface area contributed by atoms with Gasteiger partial charge < -0.3 is 0 Å². The highest BCUT2D eigenvalue weighted by molar-refractivity contribution is 6.00. The molecule has 0 unspecified atom stereocenters. The summed E-state index contributed by atoms with van der Waals surface area (Å²) in [6.45, 7) is 1.86. The molecule has 1 aliphatic carbocycles. The van der Waals surface area contributed by atoms with E-state index in [0.717, 1.165) is 17.7 Å². The van der Waals surface area contributed by atoms with Crippen molar-refractivity contribution in [2.75, 3.05) is 0 Å². The summed E-state index contributed by atoms with van der Waals surface area (Å²) in [6.07, 6.45) is 2.30. The van der Waals surface area contributed by atoms with Crippen LogP contribution in [-0.2, 0) is 6.42 Å². The number of hydrogen-bond donors (Lipinski definition) is 0. The van der Waals surface area contributed by atoms with Gasteiger partial charge in [-0.1, -0.05) is 0 Å². The van der Waals surface area contributed by atoms with Crippen LogP contribution in [0.1, 0.15) is 39.5 Å². The Morgan fingerprint density at radius 3 is 2.80 bits per heavy atom.